The van der Waals surface area contributed by atoms with Crippen molar-refractivity contribution < 1.29 is 23.5 Å². The molecule has 0 N–H and O–H groups in total. The first-order chi connectivity index (χ1) is 13.5. The third-order valence-electron chi connectivity index (χ3n) is 3.85. The van der Waals surface area contributed by atoms with Crippen LogP contribution in [-0.2, 0) is 16.1 Å². The van der Waals surface area contributed by atoms with Crippen LogP contribution >= 0.6 is 11.3 Å². The molecule has 3 aromatic rings. The first-order valence-corrected chi connectivity index (χ1v) is 9.60. The van der Waals surface area contributed by atoms with Gasteiger partial charge in [-0.1, -0.05) is 11.3 Å². The molecule has 0 aliphatic carbocycles. The van der Waals surface area contributed by atoms with Gasteiger partial charge >= 0.3 is 5.97 Å². The number of amides is 1. The third kappa shape index (κ3) is 4.45. The lowest BCUT2D eigenvalue weighted by Gasteiger charge is -2.05. The van der Waals surface area contributed by atoms with Crippen molar-refractivity contribution >= 4 is 33.4 Å². The van der Waals surface area contributed by atoms with Crippen LogP contribution in [0.5, 0.6) is 5.75 Å². The number of hydrogen-bond acceptors (Lipinski definition) is 5. The summed E-state index contributed by atoms with van der Waals surface area (Å²) in [4.78, 5) is 29.0. The van der Waals surface area contributed by atoms with Gasteiger partial charge < -0.3 is 14.0 Å². The Hall–Kier alpha value is -3.00. The molecule has 6 nitrogen and oxygen atoms in total. The van der Waals surface area contributed by atoms with Crippen LogP contribution in [0.4, 0.5) is 4.39 Å². The summed E-state index contributed by atoms with van der Waals surface area (Å²) in [6, 6.07) is 10.8. The highest BCUT2D eigenvalue weighted by atomic mass is 32.1. The molecular weight excluding hydrogens is 383 g/mol. The van der Waals surface area contributed by atoms with Crippen molar-refractivity contribution in [2.75, 3.05) is 13.2 Å². The average molecular weight is 402 g/mol. The third-order valence-corrected chi connectivity index (χ3v) is 4.89. The van der Waals surface area contributed by atoms with Gasteiger partial charge in [0.05, 0.1) is 23.4 Å². The summed E-state index contributed by atoms with van der Waals surface area (Å²) in [5, 5.41) is 0. The van der Waals surface area contributed by atoms with Crippen molar-refractivity contribution in [3.05, 3.63) is 58.6 Å². The van der Waals surface area contributed by atoms with E-state index in [4.69, 9.17) is 9.47 Å². The van der Waals surface area contributed by atoms with Gasteiger partial charge in [0.15, 0.2) is 4.80 Å². The molecule has 2 aromatic carbocycles. The fraction of sp³-hybridized carbons (Fsp3) is 0.250. The van der Waals surface area contributed by atoms with Gasteiger partial charge in [-0.2, -0.15) is 4.99 Å². The Morgan fingerprint density at radius 2 is 1.86 bits per heavy atom. The number of esters is 1. The molecule has 28 heavy (non-hydrogen) atoms. The lowest BCUT2D eigenvalue weighted by molar-refractivity contribution is -0.143. The van der Waals surface area contributed by atoms with Crippen LogP contribution in [-0.4, -0.2) is 29.7 Å². The van der Waals surface area contributed by atoms with Gasteiger partial charge in [-0.15, -0.1) is 0 Å². The number of aromatic nitrogens is 1. The van der Waals surface area contributed by atoms with Gasteiger partial charge in [0.2, 0.25) is 0 Å². The van der Waals surface area contributed by atoms with Crippen LogP contribution in [0.1, 0.15) is 24.2 Å². The lowest BCUT2D eigenvalue weighted by atomic mass is 10.2. The zero-order chi connectivity index (χ0) is 20.1. The first-order valence-electron chi connectivity index (χ1n) is 8.78. The quantitative estimate of drug-likeness (QED) is 0.592. The topological polar surface area (TPSA) is 69.9 Å². The molecule has 1 aromatic heterocycles. The minimum Gasteiger partial charge on any atom is -0.494 e. The van der Waals surface area contributed by atoms with Crippen LogP contribution in [0.15, 0.2) is 47.5 Å². The predicted molar refractivity (Wildman–Crippen MR) is 104 cm³/mol. The molecule has 0 unspecified atom stereocenters. The van der Waals surface area contributed by atoms with E-state index >= 15 is 0 Å². The van der Waals surface area contributed by atoms with E-state index in [1.807, 2.05) is 6.92 Å². The largest absolute Gasteiger partial charge is 0.494 e. The van der Waals surface area contributed by atoms with Crippen molar-refractivity contribution in [3.63, 3.8) is 0 Å². The minimum absolute atomic E-state index is 0.116. The molecule has 1 amide bonds. The molecule has 1 heterocycles. The summed E-state index contributed by atoms with van der Waals surface area (Å²) in [5.74, 6) is -0.663. The number of carbonyl (C=O) groups excluding carboxylic acids is 2. The molecular formula is C20H19FN2O4S. The van der Waals surface area contributed by atoms with Crippen molar-refractivity contribution in [1.29, 1.82) is 0 Å². The Labute approximate surface area is 164 Å². The van der Waals surface area contributed by atoms with Gasteiger partial charge in [-0.3, -0.25) is 9.59 Å². The second-order valence-electron chi connectivity index (χ2n) is 5.76. The number of hydrogen-bond donors (Lipinski definition) is 0. The minimum atomic E-state index is -0.465. The summed E-state index contributed by atoms with van der Waals surface area (Å²) in [7, 11) is 0. The molecule has 0 fully saturated rings. The molecule has 0 aliphatic heterocycles. The van der Waals surface area contributed by atoms with E-state index in [0.29, 0.717) is 32.9 Å². The molecule has 0 aliphatic rings. The van der Waals surface area contributed by atoms with E-state index in [-0.39, 0.29) is 13.2 Å². The summed E-state index contributed by atoms with van der Waals surface area (Å²) in [5.41, 5.74) is 0.993. The number of ether oxygens (including phenoxy) is 2. The summed E-state index contributed by atoms with van der Waals surface area (Å²) in [6.07, 6.45) is 0. The number of thiazole rings is 1. The van der Waals surface area contributed by atoms with Crippen molar-refractivity contribution in [2.45, 2.75) is 20.4 Å². The summed E-state index contributed by atoms with van der Waals surface area (Å²) < 4.78 is 26.1. The zero-order valence-corrected chi connectivity index (χ0v) is 16.3. The van der Waals surface area contributed by atoms with Crippen molar-refractivity contribution in [1.82, 2.24) is 4.57 Å². The molecule has 0 saturated heterocycles. The van der Waals surface area contributed by atoms with E-state index in [9.17, 15) is 14.0 Å². The second kappa shape index (κ2) is 8.79. The highest BCUT2D eigenvalue weighted by molar-refractivity contribution is 7.16. The van der Waals surface area contributed by atoms with Crippen LogP contribution in [0.3, 0.4) is 0 Å². The maximum Gasteiger partial charge on any atom is 0.326 e. The zero-order valence-electron chi connectivity index (χ0n) is 15.5. The highest BCUT2D eigenvalue weighted by Gasteiger charge is 2.13. The molecule has 0 atom stereocenters. The predicted octanol–water partition coefficient (Wildman–Crippen LogP) is 3.54. The molecule has 8 heteroatoms. The first kappa shape index (κ1) is 19.8. The Morgan fingerprint density at radius 1 is 1.11 bits per heavy atom. The standard InChI is InChI=1S/C20H19FN2O4S/c1-3-26-15-8-5-13(6-9-15)19(25)22-20-23(12-18(24)27-4-2)16-10-7-14(21)11-17(16)28-20/h5-11H,3-4,12H2,1-2H3. The summed E-state index contributed by atoms with van der Waals surface area (Å²) >= 11 is 1.14. The van der Waals surface area contributed by atoms with E-state index < -0.39 is 17.7 Å². The van der Waals surface area contributed by atoms with Crippen LogP contribution in [0, 0.1) is 5.82 Å². The van der Waals surface area contributed by atoms with Crippen molar-refractivity contribution in [2.24, 2.45) is 4.99 Å². The van der Waals surface area contributed by atoms with Crippen LogP contribution in [0.2, 0.25) is 0 Å². The smallest absolute Gasteiger partial charge is 0.326 e. The number of carbonyl (C=O) groups is 2. The average Bonchev–Trinajstić information content (AvgIpc) is 2.98. The number of halogens is 1. The SMILES string of the molecule is CCOC(=O)Cn1c(=NC(=O)c2ccc(OCC)cc2)sc2cc(F)ccc21. The van der Waals surface area contributed by atoms with Gasteiger partial charge in [0.1, 0.15) is 18.1 Å². The molecule has 0 bridgehead atoms. The van der Waals surface area contributed by atoms with Gasteiger partial charge in [-0.25, -0.2) is 4.39 Å². The second-order valence-corrected chi connectivity index (χ2v) is 6.77. The number of benzene rings is 2. The maximum absolute atomic E-state index is 13.6. The maximum atomic E-state index is 13.6. The fourth-order valence-electron chi connectivity index (χ4n) is 2.63. The van der Waals surface area contributed by atoms with Crippen LogP contribution < -0.4 is 9.54 Å². The number of nitrogens with zero attached hydrogens (tertiary/aromatic N) is 2. The van der Waals surface area contributed by atoms with E-state index in [2.05, 4.69) is 4.99 Å². The molecule has 0 spiro atoms. The van der Waals surface area contributed by atoms with Gasteiger partial charge in [0, 0.05) is 5.56 Å². The molecule has 0 radical (unpaired) electrons. The fourth-order valence-corrected chi connectivity index (χ4v) is 3.69. The van der Waals surface area contributed by atoms with E-state index in [0.717, 1.165) is 11.3 Å². The Bertz CT molecular complexity index is 1070. The summed E-state index contributed by atoms with van der Waals surface area (Å²) in [6.45, 7) is 4.25. The molecule has 3 rings (SSSR count). The normalized spacial score (nSPS) is 11.6. The van der Waals surface area contributed by atoms with E-state index in [1.165, 1.54) is 12.1 Å². The highest BCUT2D eigenvalue weighted by Crippen LogP contribution is 2.19. The Balaban J connectivity index is 2.02. The van der Waals surface area contributed by atoms with Gasteiger partial charge in [0.25, 0.3) is 5.91 Å². The molecule has 0 saturated carbocycles. The number of rotatable bonds is 6. The Morgan fingerprint density at radius 3 is 2.54 bits per heavy atom. The number of fused-ring (bicyclic) bond motifs is 1. The Kier molecular flexibility index (Phi) is 6.20. The lowest BCUT2D eigenvalue weighted by Crippen LogP contribution is -2.23. The molecule has 146 valence electrons. The van der Waals surface area contributed by atoms with Crippen LogP contribution in [0.25, 0.3) is 10.2 Å². The monoisotopic (exact) mass is 402 g/mol. The van der Waals surface area contributed by atoms with Gasteiger partial charge in [-0.05, 0) is 56.3 Å². The van der Waals surface area contributed by atoms with E-state index in [1.54, 1.807) is 41.8 Å². The van der Waals surface area contributed by atoms with Crippen molar-refractivity contribution in [3.8, 4) is 5.75 Å².